The Morgan fingerprint density at radius 2 is 2.07 bits per heavy atom. The summed E-state index contributed by atoms with van der Waals surface area (Å²) in [5, 5.41) is 12.3. The second kappa shape index (κ2) is 4.45. The van der Waals surface area contributed by atoms with E-state index in [1.54, 1.807) is 6.92 Å². The molecule has 1 unspecified atom stereocenters. The minimum absolute atomic E-state index is 0.622. The van der Waals surface area contributed by atoms with Gasteiger partial charge in [-0.05, 0) is 31.5 Å². The molecule has 0 aliphatic carbocycles. The van der Waals surface area contributed by atoms with Crippen molar-refractivity contribution in [3.8, 4) is 0 Å². The van der Waals surface area contributed by atoms with Gasteiger partial charge in [-0.1, -0.05) is 31.2 Å². The van der Waals surface area contributed by atoms with Crippen molar-refractivity contribution < 1.29 is 9.90 Å². The first-order valence-electron chi connectivity index (χ1n) is 5.07. The molecule has 0 saturated carbocycles. The Balaban J connectivity index is 3.21. The Bertz CT molecular complexity index is 362. The highest BCUT2D eigenvalue weighted by atomic mass is 16.4. The quantitative estimate of drug-likeness (QED) is 0.792. The summed E-state index contributed by atoms with van der Waals surface area (Å²) in [5.74, 6) is -0.848. The van der Waals surface area contributed by atoms with Crippen LogP contribution in [-0.2, 0) is 10.3 Å². The summed E-state index contributed by atoms with van der Waals surface area (Å²) in [6.07, 6.45) is 0. The van der Waals surface area contributed by atoms with Crippen LogP contribution in [0.4, 0.5) is 0 Å². The molecule has 0 fully saturated rings. The maximum absolute atomic E-state index is 11.3. The predicted octanol–water partition coefficient (Wildman–Crippen LogP) is 1.90. The van der Waals surface area contributed by atoms with E-state index < -0.39 is 11.5 Å². The second-order valence-corrected chi connectivity index (χ2v) is 3.78. The first-order chi connectivity index (χ1) is 7.02. The van der Waals surface area contributed by atoms with E-state index in [1.807, 2.05) is 38.1 Å². The van der Waals surface area contributed by atoms with Crippen LogP contribution in [0.5, 0.6) is 0 Å². The monoisotopic (exact) mass is 207 g/mol. The van der Waals surface area contributed by atoms with Gasteiger partial charge in [0, 0.05) is 0 Å². The molecule has 0 aliphatic heterocycles. The van der Waals surface area contributed by atoms with Crippen molar-refractivity contribution in [2.24, 2.45) is 0 Å². The Hall–Kier alpha value is -1.35. The fourth-order valence-corrected chi connectivity index (χ4v) is 1.77. The number of hydrogen-bond acceptors (Lipinski definition) is 2. The summed E-state index contributed by atoms with van der Waals surface area (Å²) in [4.78, 5) is 11.3. The lowest BCUT2D eigenvalue weighted by molar-refractivity contribution is -0.144. The molecule has 1 rings (SSSR count). The third-order valence-electron chi connectivity index (χ3n) is 2.64. The first-order valence-corrected chi connectivity index (χ1v) is 5.07. The summed E-state index contributed by atoms with van der Waals surface area (Å²) in [7, 11) is 0. The fourth-order valence-electron chi connectivity index (χ4n) is 1.77. The highest BCUT2D eigenvalue weighted by Crippen LogP contribution is 2.24. The van der Waals surface area contributed by atoms with Gasteiger partial charge < -0.3 is 5.11 Å². The van der Waals surface area contributed by atoms with Crippen LogP contribution in [0.1, 0.15) is 25.0 Å². The van der Waals surface area contributed by atoms with Gasteiger partial charge >= 0.3 is 5.97 Å². The molecule has 0 spiro atoms. The van der Waals surface area contributed by atoms with E-state index in [0.29, 0.717) is 6.54 Å². The molecule has 1 atom stereocenters. The Morgan fingerprint density at radius 3 is 2.53 bits per heavy atom. The van der Waals surface area contributed by atoms with E-state index in [0.717, 1.165) is 11.1 Å². The smallest absolute Gasteiger partial charge is 0.328 e. The summed E-state index contributed by atoms with van der Waals surface area (Å²) >= 11 is 0. The highest BCUT2D eigenvalue weighted by molar-refractivity contribution is 5.80. The predicted molar refractivity (Wildman–Crippen MR) is 59.8 cm³/mol. The lowest BCUT2D eigenvalue weighted by atomic mass is 9.88. The van der Waals surface area contributed by atoms with Crippen LogP contribution in [-0.4, -0.2) is 17.6 Å². The standard InChI is InChI=1S/C12H17NO2/c1-4-13-12(3,11(14)15)10-8-6-5-7-9(10)2/h5-8,13H,4H2,1-3H3,(H,14,15). The minimum atomic E-state index is -1.000. The molecular formula is C12H17NO2. The Labute approximate surface area is 90.1 Å². The van der Waals surface area contributed by atoms with Crippen molar-refractivity contribution in [3.05, 3.63) is 35.4 Å². The molecule has 0 heterocycles. The zero-order valence-electron chi connectivity index (χ0n) is 9.37. The topological polar surface area (TPSA) is 49.3 Å². The third kappa shape index (κ3) is 2.18. The van der Waals surface area contributed by atoms with Crippen molar-refractivity contribution in [2.45, 2.75) is 26.3 Å². The number of carboxylic acid groups (broad SMARTS) is 1. The fraction of sp³-hybridized carbons (Fsp3) is 0.417. The molecule has 2 N–H and O–H groups in total. The Kier molecular flexibility index (Phi) is 3.48. The molecule has 0 aromatic heterocycles. The minimum Gasteiger partial charge on any atom is -0.480 e. The van der Waals surface area contributed by atoms with E-state index in [-0.39, 0.29) is 0 Å². The summed E-state index contributed by atoms with van der Waals surface area (Å²) in [6, 6.07) is 7.55. The normalized spacial score (nSPS) is 14.6. The number of hydrogen-bond donors (Lipinski definition) is 2. The van der Waals surface area contributed by atoms with E-state index in [9.17, 15) is 9.90 Å². The van der Waals surface area contributed by atoms with Crippen molar-refractivity contribution in [2.75, 3.05) is 6.54 Å². The van der Waals surface area contributed by atoms with Crippen LogP contribution < -0.4 is 5.32 Å². The number of benzene rings is 1. The molecule has 1 aromatic carbocycles. The van der Waals surface area contributed by atoms with Gasteiger partial charge in [-0.2, -0.15) is 0 Å². The molecule has 1 aromatic rings. The van der Waals surface area contributed by atoms with Crippen LogP contribution in [0.2, 0.25) is 0 Å². The van der Waals surface area contributed by atoms with Gasteiger partial charge in [0.05, 0.1) is 0 Å². The Morgan fingerprint density at radius 1 is 1.47 bits per heavy atom. The highest BCUT2D eigenvalue weighted by Gasteiger charge is 2.34. The van der Waals surface area contributed by atoms with Crippen LogP contribution in [0, 0.1) is 6.92 Å². The van der Waals surface area contributed by atoms with E-state index in [2.05, 4.69) is 5.32 Å². The number of likely N-dealkylation sites (N-methyl/N-ethyl adjacent to an activating group) is 1. The number of rotatable bonds is 4. The lowest BCUT2D eigenvalue weighted by Crippen LogP contribution is -2.47. The molecular weight excluding hydrogens is 190 g/mol. The zero-order chi connectivity index (χ0) is 11.5. The molecule has 3 heteroatoms. The largest absolute Gasteiger partial charge is 0.480 e. The molecule has 82 valence electrons. The number of aryl methyl sites for hydroxylation is 1. The van der Waals surface area contributed by atoms with Gasteiger partial charge in [-0.15, -0.1) is 0 Å². The summed E-state index contributed by atoms with van der Waals surface area (Å²) in [6.45, 7) is 6.14. The van der Waals surface area contributed by atoms with Gasteiger partial charge in [0.1, 0.15) is 5.54 Å². The van der Waals surface area contributed by atoms with Crippen LogP contribution in [0.15, 0.2) is 24.3 Å². The first kappa shape index (κ1) is 11.7. The number of carbonyl (C=O) groups is 1. The zero-order valence-corrected chi connectivity index (χ0v) is 9.37. The number of aliphatic carboxylic acids is 1. The molecule has 0 bridgehead atoms. The SMILES string of the molecule is CCNC(C)(C(=O)O)c1ccccc1C. The van der Waals surface area contributed by atoms with E-state index in [1.165, 1.54) is 0 Å². The number of carboxylic acids is 1. The van der Waals surface area contributed by atoms with Crippen molar-refractivity contribution in [1.29, 1.82) is 0 Å². The summed E-state index contributed by atoms with van der Waals surface area (Å²) in [5.41, 5.74) is 0.808. The summed E-state index contributed by atoms with van der Waals surface area (Å²) < 4.78 is 0. The molecule has 0 aliphatic rings. The average Bonchev–Trinajstić information content (AvgIpc) is 2.18. The van der Waals surface area contributed by atoms with E-state index in [4.69, 9.17) is 0 Å². The van der Waals surface area contributed by atoms with Gasteiger partial charge in [0.2, 0.25) is 0 Å². The maximum atomic E-state index is 11.3. The third-order valence-corrected chi connectivity index (χ3v) is 2.64. The van der Waals surface area contributed by atoms with Crippen molar-refractivity contribution in [3.63, 3.8) is 0 Å². The molecule has 3 nitrogen and oxygen atoms in total. The average molecular weight is 207 g/mol. The van der Waals surface area contributed by atoms with Crippen molar-refractivity contribution >= 4 is 5.97 Å². The molecule has 0 saturated heterocycles. The van der Waals surface area contributed by atoms with Gasteiger partial charge in [0.15, 0.2) is 0 Å². The van der Waals surface area contributed by atoms with Crippen LogP contribution >= 0.6 is 0 Å². The molecule has 15 heavy (non-hydrogen) atoms. The second-order valence-electron chi connectivity index (χ2n) is 3.78. The lowest BCUT2D eigenvalue weighted by Gasteiger charge is -2.27. The number of nitrogens with one attached hydrogen (secondary N) is 1. The van der Waals surface area contributed by atoms with Gasteiger partial charge in [-0.3, -0.25) is 5.32 Å². The van der Waals surface area contributed by atoms with Gasteiger partial charge in [0.25, 0.3) is 0 Å². The molecule has 0 amide bonds. The maximum Gasteiger partial charge on any atom is 0.328 e. The van der Waals surface area contributed by atoms with Crippen LogP contribution in [0.25, 0.3) is 0 Å². The van der Waals surface area contributed by atoms with E-state index >= 15 is 0 Å². The molecule has 0 radical (unpaired) electrons. The van der Waals surface area contributed by atoms with Crippen LogP contribution in [0.3, 0.4) is 0 Å². The van der Waals surface area contributed by atoms with Crippen molar-refractivity contribution in [1.82, 2.24) is 5.32 Å². The van der Waals surface area contributed by atoms with Gasteiger partial charge in [-0.25, -0.2) is 4.79 Å².